The Morgan fingerprint density at radius 1 is 0.892 bits per heavy atom. The second-order valence-corrected chi connectivity index (χ2v) is 9.39. The number of aryl methyl sites for hydroxylation is 2. The largest absolute Gasteiger partial charge is 0.507 e. The Morgan fingerprint density at radius 3 is 2.19 bits per heavy atom. The maximum atomic E-state index is 13.3. The number of nitrogens with zero attached hydrogens (tertiary/aromatic N) is 1. The van der Waals surface area contributed by atoms with Crippen molar-refractivity contribution in [3.63, 3.8) is 0 Å². The molecule has 3 aromatic carbocycles. The Morgan fingerprint density at radius 2 is 1.54 bits per heavy atom. The van der Waals surface area contributed by atoms with Crippen LogP contribution in [-0.4, -0.2) is 39.9 Å². The summed E-state index contributed by atoms with van der Waals surface area (Å²) in [7, 11) is 1.55. The number of likely N-dealkylation sites (tertiary alicyclic amines) is 1. The van der Waals surface area contributed by atoms with Gasteiger partial charge in [0.25, 0.3) is 11.7 Å². The Bertz CT molecular complexity index is 1400. The van der Waals surface area contributed by atoms with Crippen LogP contribution >= 0.6 is 0 Å². The number of methoxy groups -OCH3 is 1. The summed E-state index contributed by atoms with van der Waals surface area (Å²) >= 11 is 0. The zero-order valence-electron chi connectivity index (χ0n) is 20.4. The molecule has 37 heavy (non-hydrogen) atoms. The number of ketones is 1. The molecule has 2 N–H and O–H groups in total. The number of carbonyl (C=O) groups is 3. The van der Waals surface area contributed by atoms with Gasteiger partial charge in [0.2, 0.25) is 0 Å². The second-order valence-electron chi connectivity index (χ2n) is 9.39. The summed E-state index contributed by atoms with van der Waals surface area (Å²) in [4.78, 5) is 39.3. The minimum Gasteiger partial charge on any atom is -0.507 e. The fourth-order valence-electron chi connectivity index (χ4n) is 5.16. The predicted molar refractivity (Wildman–Crippen MR) is 137 cm³/mol. The quantitative estimate of drug-likeness (QED) is 0.285. The van der Waals surface area contributed by atoms with Gasteiger partial charge in [0.1, 0.15) is 11.5 Å². The van der Waals surface area contributed by atoms with Crippen molar-refractivity contribution >= 4 is 23.4 Å². The molecule has 1 unspecified atom stereocenters. The number of hydrogen-bond acceptors (Lipinski definition) is 5. The van der Waals surface area contributed by atoms with Crippen LogP contribution in [0.15, 0.2) is 72.3 Å². The van der Waals surface area contributed by atoms with E-state index in [1.165, 1.54) is 22.6 Å². The SMILES string of the molecule is COc1ccc(C2/C(=C(/O)c3ccc4c(c3)CCCC4)C(=O)C(=O)N2Cc2ccc(C(=O)O)cc2)cc1. The summed E-state index contributed by atoms with van der Waals surface area (Å²) in [5, 5.41) is 20.6. The number of aromatic carboxylic acids is 1. The minimum atomic E-state index is -1.05. The smallest absolute Gasteiger partial charge is 0.335 e. The number of ether oxygens (including phenoxy) is 1. The van der Waals surface area contributed by atoms with Crippen molar-refractivity contribution in [2.75, 3.05) is 7.11 Å². The standard InChI is InChI=1S/C30H27NO6/c1-37-24-14-12-20(13-15-24)26-25(27(32)23-11-10-19-4-2-3-5-22(19)16-23)28(33)29(34)31(26)17-18-6-8-21(9-7-18)30(35)36/h6-16,26,32H,2-5,17H2,1H3,(H,35,36)/b27-25-. The predicted octanol–water partition coefficient (Wildman–Crippen LogP) is 4.89. The summed E-state index contributed by atoms with van der Waals surface area (Å²) in [6, 6.07) is 18.1. The van der Waals surface area contributed by atoms with E-state index in [4.69, 9.17) is 4.74 Å². The van der Waals surface area contributed by atoms with Crippen LogP contribution in [0, 0.1) is 0 Å². The van der Waals surface area contributed by atoms with Crippen LogP contribution < -0.4 is 4.74 Å². The van der Waals surface area contributed by atoms with E-state index in [-0.39, 0.29) is 23.4 Å². The van der Waals surface area contributed by atoms with Gasteiger partial charge in [-0.3, -0.25) is 9.59 Å². The fourth-order valence-corrected chi connectivity index (χ4v) is 5.16. The van der Waals surface area contributed by atoms with Gasteiger partial charge in [-0.05, 0) is 78.3 Å². The molecule has 188 valence electrons. The molecule has 5 rings (SSSR count). The third-order valence-corrected chi connectivity index (χ3v) is 7.15. The number of fused-ring (bicyclic) bond motifs is 1. The van der Waals surface area contributed by atoms with Gasteiger partial charge in [-0.25, -0.2) is 4.79 Å². The number of rotatable bonds is 6. The molecular weight excluding hydrogens is 470 g/mol. The molecule has 1 heterocycles. The Labute approximate surface area is 214 Å². The van der Waals surface area contributed by atoms with Crippen LogP contribution in [0.3, 0.4) is 0 Å². The molecule has 0 aromatic heterocycles. The third-order valence-electron chi connectivity index (χ3n) is 7.15. The van der Waals surface area contributed by atoms with Gasteiger partial charge in [-0.15, -0.1) is 0 Å². The Balaban J connectivity index is 1.59. The number of aliphatic hydroxyl groups is 1. The van der Waals surface area contributed by atoms with Crippen LogP contribution in [0.1, 0.15) is 57.1 Å². The lowest BCUT2D eigenvalue weighted by Crippen LogP contribution is -2.29. The summed E-state index contributed by atoms with van der Waals surface area (Å²) in [5.74, 6) is -2.09. The zero-order valence-corrected chi connectivity index (χ0v) is 20.4. The maximum absolute atomic E-state index is 13.3. The van der Waals surface area contributed by atoms with E-state index in [2.05, 4.69) is 0 Å². The molecule has 7 nitrogen and oxygen atoms in total. The van der Waals surface area contributed by atoms with Crippen molar-refractivity contribution in [1.82, 2.24) is 4.90 Å². The van der Waals surface area contributed by atoms with Crippen molar-refractivity contribution in [2.24, 2.45) is 0 Å². The molecule has 1 aliphatic carbocycles. The summed E-state index contributed by atoms with van der Waals surface area (Å²) in [5.41, 5.74) is 4.41. The number of aliphatic hydroxyl groups excluding tert-OH is 1. The number of carboxylic acids is 1. The van der Waals surface area contributed by atoms with Crippen molar-refractivity contribution in [2.45, 2.75) is 38.3 Å². The molecule has 2 aliphatic rings. The van der Waals surface area contributed by atoms with Gasteiger partial charge in [0.05, 0.1) is 24.3 Å². The van der Waals surface area contributed by atoms with Gasteiger partial charge < -0.3 is 19.8 Å². The van der Waals surface area contributed by atoms with Crippen molar-refractivity contribution < 1.29 is 29.3 Å². The molecule has 1 atom stereocenters. The molecule has 7 heteroatoms. The monoisotopic (exact) mass is 497 g/mol. The van der Waals surface area contributed by atoms with Gasteiger partial charge in [0, 0.05) is 12.1 Å². The first-order valence-corrected chi connectivity index (χ1v) is 12.2. The number of carbonyl (C=O) groups excluding carboxylic acids is 2. The highest BCUT2D eigenvalue weighted by atomic mass is 16.5. The normalized spacial score (nSPS) is 18.5. The van der Waals surface area contributed by atoms with E-state index in [1.807, 2.05) is 18.2 Å². The van der Waals surface area contributed by atoms with Crippen LogP contribution in [0.2, 0.25) is 0 Å². The van der Waals surface area contributed by atoms with E-state index in [9.17, 15) is 24.6 Å². The van der Waals surface area contributed by atoms with E-state index in [1.54, 1.807) is 43.5 Å². The molecule has 1 saturated heterocycles. The van der Waals surface area contributed by atoms with Crippen LogP contribution in [0.5, 0.6) is 5.75 Å². The summed E-state index contributed by atoms with van der Waals surface area (Å²) in [6.07, 6.45) is 4.12. The zero-order chi connectivity index (χ0) is 26.1. The average molecular weight is 498 g/mol. The summed E-state index contributed by atoms with van der Waals surface area (Å²) < 4.78 is 5.27. The van der Waals surface area contributed by atoms with Gasteiger partial charge >= 0.3 is 5.97 Å². The van der Waals surface area contributed by atoms with Crippen LogP contribution in [-0.2, 0) is 29.0 Å². The maximum Gasteiger partial charge on any atom is 0.335 e. The van der Waals surface area contributed by atoms with Gasteiger partial charge in [-0.1, -0.05) is 36.4 Å². The van der Waals surface area contributed by atoms with E-state index in [0.29, 0.717) is 22.4 Å². The lowest BCUT2D eigenvalue weighted by Gasteiger charge is -2.26. The molecule has 0 saturated carbocycles. The van der Waals surface area contributed by atoms with Crippen molar-refractivity contribution in [3.05, 3.63) is 106 Å². The molecule has 1 aliphatic heterocycles. The number of amides is 1. The lowest BCUT2D eigenvalue weighted by molar-refractivity contribution is -0.140. The van der Waals surface area contributed by atoms with Crippen molar-refractivity contribution in [3.8, 4) is 5.75 Å². The average Bonchev–Trinajstić information content (AvgIpc) is 3.17. The first-order valence-electron chi connectivity index (χ1n) is 12.2. The van der Waals surface area contributed by atoms with Crippen molar-refractivity contribution in [1.29, 1.82) is 0 Å². The van der Waals surface area contributed by atoms with Gasteiger partial charge in [-0.2, -0.15) is 0 Å². The van der Waals surface area contributed by atoms with Crippen LogP contribution in [0.4, 0.5) is 0 Å². The van der Waals surface area contributed by atoms with E-state index >= 15 is 0 Å². The first kappa shape index (κ1) is 24.3. The third kappa shape index (κ3) is 4.60. The fraction of sp³-hybridized carbons (Fsp3) is 0.233. The Hall–Kier alpha value is -4.39. The minimum absolute atomic E-state index is 0.0353. The highest BCUT2D eigenvalue weighted by Gasteiger charge is 2.46. The second kappa shape index (κ2) is 9.93. The molecule has 1 fully saturated rings. The molecule has 0 radical (unpaired) electrons. The van der Waals surface area contributed by atoms with Crippen LogP contribution in [0.25, 0.3) is 5.76 Å². The topological polar surface area (TPSA) is 104 Å². The number of carboxylic acid groups (broad SMARTS) is 1. The Kier molecular flexibility index (Phi) is 6.53. The highest BCUT2D eigenvalue weighted by molar-refractivity contribution is 6.46. The molecular formula is C30H27NO6. The number of Topliss-reactive ketones (excluding diaryl/α,β-unsaturated/α-hetero) is 1. The number of hydrogen-bond donors (Lipinski definition) is 2. The first-order chi connectivity index (χ1) is 17.9. The molecule has 1 amide bonds. The molecule has 0 bridgehead atoms. The van der Waals surface area contributed by atoms with E-state index < -0.39 is 23.7 Å². The number of benzene rings is 3. The molecule has 3 aromatic rings. The highest BCUT2D eigenvalue weighted by Crippen LogP contribution is 2.41. The lowest BCUT2D eigenvalue weighted by atomic mass is 9.88. The van der Waals surface area contributed by atoms with Gasteiger partial charge in [0.15, 0.2) is 0 Å². The molecule has 0 spiro atoms. The van der Waals surface area contributed by atoms with E-state index in [0.717, 1.165) is 31.2 Å². The summed E-state index contributed by atoms with van der Waals surface area (Å²) in [6.45, 7) is 0.0716.